The molecule has 2 nitrogen and oxygen atoms in total. The Bertz CT molecular complexity index is 468. The van der Waals surface area contributed by atoms with E-state index in [1.165, 1.54) is 5.22 Å². The number of nitrogens with zero attached hydrogens (tertiary/aromatic N) is 2. The quantitative estimate of drug-likeness (QED) is 0.458. The summed E-state index contributed by atoms with van der Waals surface area (Å²) in [5.74, 6) is 0. The molecular weight excluding hydrogens is 196 g/mol. The van der Waals surface area contributed by atoms with Gasteiger partial charge in [0.2, 0.25) is 0 Å². The lowest BCUT2D eigenvalue weighted by atomic mass is 10.2. The summed E-state index contributed by atoms with van der Waals surface area (Å²) in [4.78, 5) is 6.82. The molecule has 2 aliphatic rings. The maximum Gasteiger partial charge on any atom is 0.122 e. The first-order chi connectivity index (χ1) is 6.84. The maximum atomic E-state index is 6.19. The molecule has 1 aromatic rings. The number of para-hydroxylation sites is 1. The van der Waals surface area contributed by atoms with Crippen molar-refractivity contribution in [3.05, 3.63) is 34.8 Å². The highest BCUT2D eigenvalue weighted by Crippen LogP contribution is 2.28. The molecular formula is C11H11ClN2. The van der Waals surface area contributed by atoms with Gasteiger partial charge in [-0.05, 0) is 18.9 Å². The average Bonchev–Trinajstić information content (AvgIpc) is 2.57. The lowest BCUT2D eigenvalue weighted by molar-refractivity contribution is 0.358. The Morgan fingerprint density at radius 3 is 3.07 bits per heavy atom. The topological polar surface area (TPSA) is 15.6 Å². The molecule has 14 heavy (non-hydrogen) atoms. The van der Waals surface area contributed by atoms with Crippen molar-refractivity contribution in [1.29, 1.82) is 0 Å². The third-order valence-corrected chi connectivity index (χ3v) is 3.29. The standard InChI is InChI=1S/C11H11ClN2/c12-10-5-6-11-13-9-4-2-1-3-8(9)7-14(10)11/h1-4,7,10-11H,5-6H2. The van der Waals surface area contributed by atoms with Crippen molar-refractivity contribution in [1.82, 2.24) is 4.90 Å². The molecule has 0 aromatic heterocycles. The Balaban J connectivity index is 2.20. The second-order valence-corrected chi connectivity index (χ2v) is 4.26. The van der Waals surface area contributed by atoms with E-state index >= 15 is 0 Å². The number of benzene rings is 1. The zero-order valence-electron chi connectivity index (χ0n) is 7.73. The highest BCUT2D eigenvalue weighted by atomic mass is 35.5. The molecule has 0 amide bonds. The van der Waals surface area contributed by atoms with Crippen LogP contribution in [0.25, 0.3) is 6.20 Å². The summed E-state index contributed by atoms with van der Waals surface area (Å²) in [5, 5.41) is 2.27. The van der Waals surface area contributed by atoms with E-state index in [1.807, 2.05) is 12.1 Å². The normalized spacial score (nSPS) is 28.8. The van der Waals surface area contributed by atoms with Gasteiger partial charge in [0.25, 0.3) is 0 Å². The van der Waals surface area contributed by atoms with E-state index in [1.54, 1.807) is 0 Å². The van der Waals surface area contributed by atoms with Crippen LogP contribution < -0.4 is 10.6 Å². The van der Waals surface area contributed by atoms with Gasteiger partial charge in [-0.1, -0.05) is 29.8 Å². The molecule has 2 heterocycles. The first kappa shape index (κ1) is 8.30. The van der Waals surface area contributed by atoms with E-state index in [4.69, 9.17) is 11.6 Å². The molecule has 1 fully saturated rings. The molecule has 2 unspecified atom stereocenters. The zero-order valence-corrected chi connectivity index (χ0v) is 8.48. The molecule has 0 spiro atoms. The van der Waals surface area contributed by atoms with Gasteiger partial charge in [-0.25, -0.2) is 0 Å². The summed E-state index contributed by atoms with van der Waals surface area (Å²) >= 11 is 6.19. The summed E-state index contributed by atoms with van der Waals surface area (Å²) in [6.07, 6.45) is 4.50. The molecule has 72 valence electrons. The minimum atomic E-state index is 0.122. The molecule has 1 aromatic carbocycles. The van der Waals surface area contributed by atoms with Crippen molar-refractivity contribution in [2.45, 2.75) is 24.5 Å². The van der Waals surface area contributed by atoms with Crippen molar-refractivity contribution < 1.29 is 0 Å². The maximum absolute atomic E-state index is 6.19. The van der Waals surface area contributed by atoms with Crippen molar-refractivity contribution in [2.75, 3.05) is 0 Å². The van der Waals surface area contributed by atoms with Crippen molar-refractivity contribution in [2.24, 2.45) is 4.99 Å². The van der Waals surface area contributed by atoms with E-state index in [0.717, 1.165) is 18.2 Å². The van der Waals surface area contributed by atoms with E-state index < -0.39 is 0 Å². The number of rotatable bonds is 0. The Morgan fingerprint density at radius 2 is 2.14 bits per heavy atom. The van der Waals surface area contributed by atoms with Crippen LogP contribution in [-0.4, -0.2) is 16.6 Å². The van der Waals surface area contributed by atoms with Crippen LogP contribution in [0.15, 0.2) is 29.3 Å². The van der Waals surface area contributed by atoms with Crippen molar-refractivity contribution >= 4 is 17.8 Å². The first-order valence-electron chi connectivity index (χ1n) is 4.91. The van der Waals surface area contributed by atoms with Gasteiger partial charge in [-0.2, -0.15) is 0 Å². The average molecular weight is 207 g/mol. The molecule has 3 rings (SSSR count). The fourth-order valence-corrected chi connectivity index (χ4v) is 2.42. The summed E-state index contributed by atoms with van der Waals surface area (Å²) < 4.78 is 0. The van der Waals surface area contributed by atoms with E-state index in [-0.39, 0.29) is 11.7 Å². The van der Waals surface area contributed by atoms with Gasteiger partial charge in [0, 0.05) is 11.4 Å². The van der Waals surface area contributed by atoms with Crippen molar-refractivity contribution in [3.63, 3.8) is 0 Å². The smallest absolute Gasteiger partial charge is 0.122 e. The second-order valence-electron chi connectivity index (χ2n) is 3.76. The highest BCUT2D eigenvalue weighted by Gasteiger charge is 2.30. The second kappa shape index (κ2) is 2.99. The third kappa shape index (κ3) is 1.14. The Labute approximate surface area is 87.5 Å². The molecule has 0 bridgehead atoms. The van der Waals surface area contributed by atoms with Gasteiger partial charge >= 0.3 is 0 Å². The number of fused-ring (bicyclic) bond motifs is 2. The lowest BCUT2D eigenvalue weighted by Gasteiger charge is -2.24. The molecule has 0 radical (unpaired) electrons. The zero-order chi connectivity index (χ0) is 9.54. The molecule has 1 saturated heterocycles. The predicted molar refractivity (Wildman–Crippen MR) is 56.2 cm³/mol. The van der Waals surface area contributed by atoms with Crippen LogP contribution in [0.4, 0.5) is 0 Å². The first-order valence-corrected chi connectivity index (χ1v) is 5.34. The van der Waals surface area contributed by atoms with Gasteiger partial charge in [0.05, 0.1) is 5.36 Å². The largest absolute Gasteiger partial charge is 0.339 e. The minimum Gasteiger partial charge on any atom is -0.339 e. The molecule has 0 aliphatic carbocycles. The Kier molecular flexibility index (Phi) is 1.77. The Hall–Kier alpha value is -1.02. The van der Waals surface area contributed by atoms with Crippen LogP contribution in [0.1, 0.15) is 12.8 Å². The minimum absolute atomic E-state index is 0.122. The van der Waals surface area contributed by atoms with Crippen LogP contribution in [0.3, 0.4) is 0 Å². The van der Waals surface area contributed by atoms with Crippen LogP contribution in [0.5, 0.6) is 0 Å². The lowest BCUT2D eigenvalue weighted by Crippen LogP contribution is -2.40. The highest BCUT2D eigenvalue weighted by molar-refractivity contribution is 6.20. The van der Waals surface area contributed by atoms with Crippen LogP contribution in [0.2, 0.25) is 0 Å². The van der Waals surface area contributed by atoms with Crippen LogP contribution in [-0.2, 0) is 0 Å². The number of hydrogen-bond donors (Lipinski definition) is 0. The van der Waals surface area contributed by atoms with Gasteiger partial charge in [-0.15, -0.1) is 0 Å². The number of alkyl halides is 1. The molecule has 3 heteroatoms. The SMILES string of the molecule is ClC1CCC2N=c3ccccc3=CN12. The molecule has 2 atom stereocenters. The summed E-state index contributed by atoms with van der Waals surface area (Å²) in [7, 11) is 0. The monoisotopic (exact) mass is 206 g/mol. The fraction of sp³-hybridized carbons (Fsp3) is 0.364. The van der Waals surface area contributed by atoms with Crippen LogP contribution >= 0.6 is 11.6 Å². The molecule has 0 saturated carbocycles. The Morgan fingerprint density at radius 1 is 1.29 bits per heavy atom. The van der Waals surface area contributed by atoms with Gasteiger partial charge in [-0.3, -0.25) is 4.99 Å². The number of hydrogen-bond acceptors (Lipinski definition) is 2. The van der Waals surface area contributed by atoms with Gasteiger partial charge < -0.3 is 4.90 Å². The van der Waals surface area contributed by atoms with Gasteiger partial charge in [0.1, 0.15) is 11.7 Å². The summed E-state index contributed by atoms with van der Waals surface area (Å²) in [6, 6.07) is 8.20. The van der Waals surface area contributed by atoms with E-state index in [9.17, 15) is 0 Å². The third-order valence-electron chi connectivity index (χ3n) is 2.84. The fourth-order valence-electron chi connectivity index (χ4n) is 2.11. The van der Waals surface area contributed by atoms with Crippen molar-refractivity contribution in [3.8, 4) is 0 Å². The summed E-state index contributed by atoms with van der Waals surface area (Å²) in [5.41, 5.74) is 0.122. The summed E-state index contributed by atoms with van der Waals surface area (Å²) in [6.45, 7) is 0. The molecule has 0 N–H and O–H groups in total. The predicted octanol–water partition coefficient (Wildman–Crippen LogP) is 1.04. The van der Waals surface area contributed by atoms with E-state index in [2.05, 4.69) is 28.2 Å². The molecule has 2 aliphatic heterocycles. The van der Waals surface area contributed by atoms with Crippen LogP contribution in [0, 0.1) is 0 Å². The van der Waals surface area contributed by atoms with Gasteiger partial charge in [0.15, 0.2) is 0 Å². The van der Waals surface area contributed by atoms with E-state index in [0.29, 0.717) is 0 Å². The number of halogens is 1.